The predicted octanol–water partition coefficient (Wildman–Crippen LogP) is 1.21. The zero-order valence-corrected chi connectivity index (χ0v) is 15.3. The third-order valence-electron chi connectivity index (χ3n) is 5.13. The highest BCUT2D eigenvalue weighted by molar-refractivity contribution is 5.76. The van der Waals surface area contributed by atoms with E-state index < -0.39 is 0 Å². The maximum atomic E-state index is 12.3. The number of nitrogens with one attached hydrogen (secondary N) is 1. The van der Waals surface area contributed by atoms with Gasteiger partial charge in [0.1, 0.15) is 6.10 Å². The summed E-state index contributed by atoms with van der Waals surface area (Å²) in [5.41, 5.74) is 1.16. The van der Waals surface area contributed by atoms with Crippen LogP contribution in [0.25, 0.3) is 0 Å². The highest BCUT2D eigenvalue weighted by Crippen LogP contribution is 2.34. The Bertz CT molecular complexity index is 556. The Kier molecular flexibility index (Phi) is 6.45. The fraction of sp³-hybridized carbons (Fsp3) is 0.778. The Morgan fingerprint density at radius 2 is 2.20 bits per heavy atom. The van der Waals surface area contributed by atoms with Gasteiger partial charge < -0.3 is 19.7 Å². The fourth-order valence-corrected chi connectivity index (χ4v) is 3.65. The Morgan fingerprint density at radius 3 is 2.96 bits per heavy atom. The van der Waals surface area contributed by atoms with Crippen LogP contribution in [0.4, 0.5) is 0 Å². The molecule has 2 fully saturated rings. The average Bonchev–Trinajstić information content (AvgIpc) is 3.28. The van der Waals surface area contributed by atoms with Gasteiger partial charge in [-0.3, -0.25) is 9.48 Å². The summed E-state index contributed by atoms with van der Waals surface area (Å²) in [5, 5.41) is 7.89. The first kappa shape index (κ1) is 18.4. The third kappa shape index (κ3) is 4.59. The number of hydrogen-bond acceptors (Lipinski definition) is 5. The Labute approximate surface area is 149 Å². The minimum atomic E-state index is 0.0945. The van der Waals surface area contributed by atoms with E-state index in [1.807, 2.05) is 15.8 Å². The lowest BCUT2D eigenvalue weighted by atomic mass is 9.98. The monoisotopic (exact) mass is 350 g/mol. The van der Waals surface area contributed by atoms with Crippen LogP contribution < -0.4 is 5.32 Å². The minimum absolute atomic E-state index is 0.0945. The van der Waals surface area contributed by atoms with Gasteiger partial charge in [0, 0.05) is 57.4 Å². The first-order chi connectivity index (χ1) is 12.2. The van der Waals surface area contributed by atoms with Gasteiger partial charge in [-0.05, 0) is 26.3 Å². The molecule has 1 amide bonds. The molecule has 3 heterocycles. The first-order valence-electron chi connectivity index (χ1n) is 9.41. The molecule has 0 aromatic carbocycles. The second kappa shape index (κ2) is 8.78. The molecule has 1 unspecified atom stereocenters. The molecule has 1 aromatic heterocycles. The molecular weight excluding hydrogens is 320 g/mol. The highest BCUT2D eigenvalue weighted by Gasteiger charge is 2.32. The van der Waals surface area contributed by atoms with Crippen molar-refractivity contribution in [1.29, 1.82) is 0 Å². The topological polar surface area (TPSA) is 68.6 Å². The van der Waals surface area contributed by atoms with E-state index >= 15 is 0 Å². The van der Waals surface area contributed by atoms with Gasteiger partial charge in [-0.1, -0.05) is 0 Å². The largest absolute Gasteiger partial charge is 0.378 e. The Morgan fingerprint density at radius 1 is 1.40 bits per heavy atom. The summed E-state index contributed by atoms with van der Waals surface area (Å²) >= 11 is 0. The number of carbonyl (C=O) groups is 1. The smallest absolute Gasteiger partial charge is 0.224 e. The number of rotatable bonds is 7. The van der Waals surface area contributed by atoms with E-state index in [4.69, 9.17) is 9.47 Å². The zero-order valence-electron chi connectivity index (χ0n) is 15.3. The molecular formula is C18H30N4O3. The van der Waals surface area contributed by atoms with Crippen LogP contribution in [0.3, 0.4) is 0 Å². The van der Waals surface area contributed by atoms with Crippen LogP contribution in [0, 0.1) is 5.92 Å². The molecule has 140 valence electrons. The fourth-order valence-electron chi connectivity index (χ4n) is 3.65. The van der Waals surface area contributed by atoms with Gasteiger partial charge in [-0.2, -0.15) is 5.10 Å². The molecule has 25 heavy (non-hydrogen) atoms. The van der Waals surface area contributed by atoms with Crippen molar-refractivity contribution in [2.45, 2.75) is 45.4 Å². The molecule has 0 saturated carbocycles. The molecule has 0 bridgehead atoms. The second-order valence-electron chi connectivity index (χ2n) is 6.92. The Balaban J connectivity index is 1.47. The maximum Gasteiger partial charge on any atom is 0.224 e. The Hall–Kier alpha value is -1.44. The number of ether oxygens (including phenoxy) is 2. The third-order valence-corrected chi connectivity index (χ3v) is 5.13. The quantitative estimate of drug-likeness (QED) is 0.800. The molecule has 2 saturated heterocycles. The van der Waals surface area contributed by atoms with Crippen LogP contribution in [0.15, 0.2) is 12.3 Å². The normalized spacial score (nSPS) is 25.3. The lowest BCUT2D eigenvalue weighted by Crippen LogP contribution is -2.43. The van der Waals surface area contributed by atoms with E-state index in [9.17, 15) is 4.79 Å². The maximum absolute atomic E-state index is 12.3. The van der Waals surface area contributed by atoms with Crippen LogP contribution in [0.1, 0.15) is 38.5 Å². The first-order valence-corrected chi connectivity index (χ1v) is 9.41. The van der Waals surface area contributed by atoms with Crippen LogP contribution in [-0.2, 0) is 20.8 Å². The molecule has 2 aliphatic heterocycles. The van der Waals surface area contributed by atoms with E-state index in [1.54, 1.807) is 0 Å². The SMILES string of the molecule is CCn1nccc1[C@@H]1OCC[C@H]1CNC(C)CC(=O)N1CCOCC1. The van der Waals surface area contributed by atoms with Crippen LogP contribution in [0.2, 0.25) is 0 Å². The average molecular weight is 350 g/mol. The lowest BCUT2D eigenvalue weighted by molar-refractivity contribution is -0.135. The highest BCUT2D eigenvalue weighted by atomic mass is 16.5. The number of amides is 1. The molecule has 1 N–H and O–H groups in total. The molecule has 0 aliphatic carbocycles. The number of aryl methyl sites for hydroxylation is 1. The minimum Gasteiger partial charge on any atom is -0.378 e. The number of hydrogen-bond donors (Lipinski definition) is 1. The van der Waals surface area contributed by atoms with Gasteiger partial charge >= 0.3 is 0 Å². The molecule has 7 nitrogen and oxygen atoms in total. The van der Waals surface area contributed by atoms with Gasteiger partial charge in [-0.25, -0.2) is 0 Å². The van der Waals surface area contributed by atoms with Gasteiger partial charge in [0.15, 0.2) is 0 Å². The van der Waals surface area contributed by atoms with Crippen molar-refractivity contribution in [2.24, 2.45) is 5.92 Å². The molecule has 0 spiro atoms. The van der Waals surface area contributed by atoms with Crippen molar-refractivity contribution in [2.75, 3.05) is 39.5 Å². The van der Waals surface area contributed by atoms with Crippen molar-refractivity contribution >= 4 is 5.91 Å². The molecule has 3 rings (SSSR count). The summed E-state index contributed by atoms with van der Waals surface area (Å²) in [7, 11) is 0. The summed E-state index contributed by atoms with van der Waals surface area (Å²) in [5.74, 6) is 0.634. The summed E-state index contributed by atoms with van der Waals surface area (Å²) < 4.78 is 13.3. The van der Waals surface area contributed by atoms with E-state index in [0.717, 1.165) is 31.8 Å². The predicted molar refractivity (Wildman–Crippen MR) is 94.2 cm³/mol. The lowest BCUT2D eigenvalue weighted by Gasteiger charge is -2.28. The van der Waals surface area contributed by atoms with Crippen LogP contribution in [-0.4, -0.2) is 66.1 Å². The van der Waals surface area contributed by atoms with Crippen molar-refractivity contribution < 1.29 is 14.3 Å². The van der Waals surface area contributed by atoms with E-state index in [1.165, 1.54) is 0 Å². The number of carbonyl (C=O) groups excluding carboxylic acids is 1. The number of aromatic nitrogens is 2. The van der Waals surface area contributed by atoms with Crippen molar-refractivity contribution in [3.8, 4) is 0 Å². The van der Waals surface area contributed by atoms with E-state index in [-0.39, 0.29) is 18.1 Å². The zero-order chi connectivity index (χ0) is 17.6. The number of morpholine rings is 1. The molecule has 2 aliphatic rings. The summed E-state index contributed by atoms with van der Waals surface area (Å²) in [6, 6.07) is 2.21. The standard InChI is InChI=1S/C18H30N4O3/c1-3-22-16(4-6-20-22)18-15(5-9-25-18)13-19-14(2)12-17(23)21-7-10-24-11-8-21/h4,6,14-15,18-19H,3,5,7-13H2,1-2H3/t14?,15-,18+/m0/s1. The van der Waals surface area contributed by atoms with Crippen molar-refractivity contribution in [3.63, 3.8) is 0 Å². The van der Waals surface area contributed by atoms with E-state index in [0.29, 0.717) is 38.6 Å². The van der Waals surface area contributed by atoms with Gasteiger partial charge in [-0.15, -0.1) is 0 Å². The molecule has 0 radical (unpaired) electrons. The van der Waals surface area contributed by atoms with Gasteiger partial charge in [0.05, 0.1) is 18.9 Å². The molecule has 1 aromatic rings. The van der Waals surface area contributed by atoms with Crippen LogP contribution in [0.5, 0.6) is 0 Å². The molecule has 7 heteroatoms. The van der Waals surface area contributed by atoms with Crippen molar-refractivity contribution in [3.05, 3.63) is 18.0 Å². The van der Waals surface area contributed by atoms with Crippen LogP contribution >= 0.6 is 0 Å². The summed E-state index contributed by atoms with van der Waals surface area (Å²) in [6.07, 6.45) is 3.51. The van der Waals surface area contributed by atoms with Crippen molar-refractivity contribution in [1.82, 2.24) is 20.0 Å². The second-order valence-corrected chi connectivity index (χ2v) is 6.92. The van der Waals surface area contributed by atoms with E-state index in [2.05, 4.69) is 30.3 Å². The summed E-state index contributed by atoms with van der Waals surface area (Å²) in [4.78, 5) is 14.2. The number of nitrogens with zero attached hydrogens (tertiary/aromatic N) is 3. The van der Waals surface area contributed by atoms with Gasteiger partial charge in [0.25, 0.3) is 0 Å². The summed E-state index contributed by atoms with van der Waals surface area (Å²) in [6.45, 7) is 9.41. The van der Waals surface area contributed by atoms with Gasteiger partial charge in [0.2, 0.25) is 5.91 Å². The molecule has 3 atom stereocenters.